The number of hydrogen-bond acceptors (Lipinski definition) is 2. The molecule has 1 aromatic carbocycles. The fraction of sp³-hybridized carbons (Fsp3) is 0.250. The Bertz CT molecular complexity index is 408. The van der Waals surface area contributed by atoms with Crippen molar-refractivity contribution in [2.75, 3.05) is 0 Å². The summed E-state index contributed by atoms with van der Waals surface area (Å²) in [4.78, 5) is 1.69. The van der Waals surface area contributed by atoms with Crippen LogP contribution in [0.2, 0.25) is 0 Å². The molecule has 0 unspecified atom stereocenters. The number of benzene rings is 1. The van der Waals surface area contributed by atoms with Crippen molar-refractivity contribution in [1.82, 2.24) is 15.0 Å². The maximum Gasteiger partial charge on any atom is 0.127 e. The fourth-order valence-corrected chi connectivity index (χ4v) is 1.52. The molecule has 1 heterocycles. The first-order valence-corrected chi connectivity index (χ1v) is 4.60. The summed E-state index contributed by atoms with van der Waals surface area (Å²) in [6.45, 7) is 2.83. The van der Waals surface area contributed by atoms with E-state index in [2.05, 4.69) is 26.1 Å². The third-order valence-electron chi connectivity index (χ3n) is 1.69. The zero-order valence-corrected chi connectivity index (χ0v) is 8.24. The second-order valence-electron chi connectivity index (χ2n) is 2.50. The molecule has 2 aromatic rings. The number of halogens is 1. The molecule has 0 aliphatic carbocycles. The van der Waals surface area contributed by atoms with Crippen molar-refractivity contribution >= 4 is 27.0 Å². The van der Waals surface area contributed by atoms with Crippen LogP contribution in [0.4, 0.5) is 0 Å². The Morgan fingerprint density at radius 3 is 2.92 bits per heavy atom. The van der Waals surface area contributed by atoms with Crippen molar-refractivity contribution in [3.63, 3.8) is 0 Å². The number of aromatic nitrogens is 3. The molecular weight excluding hydrogens is 218 g/mol. The van der Waals surface area contributed by atoms with Gasteiger partial charge in [0.1, 0.15) is 11.0 Å². The van der Waals surface area contributed by atoms with Gasteiger partial charge in [-0.3, -0.25) is 0 Å². The molecule has 2 rings (SSSR count). The molecule has 0 N–H and O–H groups in total. The third kappa shape index (κ3) is 1.12. The summed E-state index contributed by atoms with van der Waals surface area (Å²) >= 11 is 3.42. The molecule has 0 aliphatic heterocycles. The Morgan fingerprint density at radius 2 is 2.25 bits per heavy atom. The van der Waals surface area contributed by atoms with Crippen LogP contribution in [0, 0.1) is 0 Å². The Hall–Kier alpha value is -0.900. The van der Waals surface area contributed by atoms with Crippen molar-refractivity contribution in [2.24, 2.45) is 0 Å². The van der Waals surface area contributed by atoms with E-state index in [1.54, 1.807) is 4.80 Å². The summed E-state index contributed by atoms with van der Waals surface area (Å²) in [6.07, 6.45) is 0. The van der Waals surface area contributed by atoms with Gasteiger partial charge >= 0.3 is 0 Å². The van der Waals surface area contributed by atoms with Crippen molar-refractivity contribution in [3.8, 4) is 0 Å². The lowest BCUT2D eigenvalue weighted by molar-refractivity contribution is 0.578. The lowest BCUT2D eigenvalue weighted by atomic mass is 10.3. The van der Waals surface area contributed by atoms with Crippen LogP contribution in [-0.2, 0) is 6.54 Å². The summed E-state index contributed by atoms with van der Waals surface area (Å²) in [6, 6.07) is 5.89. The molecule has 0 atom stereocenters. The third-order valence-corrected chi connectivity index (χ3v) is 2.33. The van der Waals surface area contributed by atoms with Gasteiger partial charge in [0, 0.05) is 4.47 Å². The van der Waals surface area contributed by atoms with Crippen LogP contribution in [-0.4, -0.2) is 15.0 Å². The van der Waals surface area contributed by atoms with Crippen LogP contribution in [0.25, 0.3) is 11.0 Å². The first kappa shape index (κ1) is 7.73. The summed E-state index contributed by atoms with van der Waals surface area (Å²) < 4.78 is 1.000. The van der Waals surface area contributed by atoms with Gasteiger partial charge in [-0.1, -0.05) is 6.07 Å². The predicted molar refractivity (Wildman–Crippen MR) is 50.9 cm³/mol. The Labute approximate surface area is 78.5 Å². The number of fused-ring (bicyclic) bond motifs is 1. The highest BCUT2D eigenvalue weighted by atomic mass is 79.9. The van der Waals surface area contributed by atoms with Gasteiger partial charge in [0.25, 0.3) is 0 Å². The van der Waals surface area contributed by atoms with E-state index in [0.29, 0.717) is 0 Å². The van der Waals surface area contributed by atoms with Gasteiger partial charge in [0.2, 0.25) is 0 Å². The van der Waals surface area contributed by atoms with Gasteiger partial charge in [-0.05, 0) is 35.0 Å². The fourth-order valence-electron chi connectivity index (χ4n) is 1.09. The molecule has 0 amide bonds. The first-order valence-electron chi connectivity index (χ1n) is 3.80. The average molecular weight is 226 g/mol. The molecule has 0 spiro atoms. The van der Waals surface area contributed by atoms with Crippen LogP contribution in [0.3, 0.4) is 0 Å². The van der Waals surface area contributed by atoms with E-state index in [1.807, 2.05) is 25.1 Å². The highest BCUT2D eigenvalue weighted by Crippen LogP contribution is 2.19. The summed E-state index contributed by atoms with van der Waals surface area (Å²) in [5.74, 6) is 0. The summed E-state index contributed by atoms with van der Waals surface area (Å²) in [5.41, 5.74) is 1.87. The molecular formula is C8H8BrN3. The van der Waals surface area contributed by atoms with Gasteiger partial charge in [-0.15, -0.1) is 0 Å². The summed E-state index contributed by atoms with van der Waals surface area (Å²) in [5, 5.41) is 8.56. The van der Waals surface area contributed by atoms with E-state index in [9.17, 15) is 0 Å². The second-order valence-corrected chi connectivity index (χ2v) is 3.35. The molecule has 0 saturated carbocycles. The Balaban J connectivity index is 2.74. The molecule has 4 heteroatoms. The van der Waals surface area contributed by atoms with E-state index in [-0.39, 0.29) is 0 Å². The van der Waals surface area contributed by atoms with Crippen molar-refractivity contribution in [2.45, 2.75) is 13.5 Å². The Morgan fingerprint density at radius 1 is 1.42 bits per heavy atom. The van der Waals surface area contributed by atoms with Gasteiger partial charge in [0.05, 0.1) is 6.54 Å². The van der Waals surface area contributed by atoms with E-state index >= 15 is 0 Å². The maximum absolute atomic E-state index is 4.29. The molecule has 62 valence electrons. The van der Waals surface area contributed by atoms with E-state index in [1.165, 1.54) is 0 Å². The molecule has 12 heavy (non-hydrogen) atoms. The second kappa shape index (κ2) is 2.86. The van der Waals surface area contributed by atoms with Crippen molar-refractivity contribution in [3.05, 3.63) is 22.7 Å². The quantitative estimate of drug-likeness (QED) is 0.746. The topological polar surface area (TPSA) is 30.7 Å². The van der Waals surface area contributed by atoms with Crippen LogP contribution in [0.15, 0.2) is 22.7 Å². The van der Waals surface area contributed by atoms with Crippen LogP contribution in [0.1, 0.15) is 6.92 Å². The monoisotopic (exact) mass is 225 g/mol. The number of aryl methyl sites for hydroxylation is 1. The highest BCUT2D eigenvalue weighted by Gasteiger charge is 2.03. The largest absolute Gasteiger partial charge is 0.184 e. The van der Waals surface area contributed by atoms with Crippen LogP contribution >= 0.6 is 15.9 Å². The molecule has 0 fully saturated rings. The standard InChI is InChI=1S/C8H8BrN3/c1-2-12-10-7-5-3-4-6(9)8(7)11-12/h3-5H,2H2,1H3. The normalized spacial score (nSPS) is 10.8. The molecule has 0 aliphatic rings. The molecule has 0 saturated heterocycles. The number of hydrogen-bond donors (Lipinski definition) is 0. The van der Waals surface area contributed by atoms with E-state index in [4.69, 9.17) is 0 Å². The zero-order valence-electron chi connectivity index (χ0n) is 6.66. The molecule has 0 radical (unpaired) electrons. The minimum atomic E-state index is 0.807. The highest BCUT2D eigenvalue weighted by molar-refractivity contribution is 9.10. The van der Waals surface area contributed by atoms with Crippen LogP contribution in [0.5, 0.6) is 0 Å². The number of nitrogens with zero attached hydrogens (tertiary/aromatic N) is 3. The van der Waals surface area contributed by atoms with Crippen LogP contribution < -0.4 is 0 Å². The SMILES string of the molecule is CCn1nc2cccc(Br)c2n1. The van der Waals surface area contributed by atoms with Crippen molar-refractivity contribution in [1.29, 1.82) is 0 Å². The summed E-state index contributed by atoms with van der Waals surface area (Å²) in [7, 11) is 0. The van der Waals surface area contributed by atoms with Gasteiger partial charge in [-0.2, -0.15) is 15.0 Å². The minimum Gasteiger partial charge on any atom is -0.184 e. The lowest BCUT2D eigenvalue weighted by Gasteiger charge is -1.87. The maximum atomic E-state index is 4.29. The zero-order chi connectivity index (χ0) is 8.55. The van der Waals surface area contributed by atoms with Crippen molar-refractivity contribution < 1.29 is 0 Å². The number of rotatable bonds is 1. The first-order chi connectivity index (χ1) is 5.81. The minimum absolute atomic E-state index is 0.807. The van der Waals surface area contributed by atoms with E-state index < -0.39 is 0 Å². The predicted octanol–water partition coefficient (Wildman–Crippen LogP) is 2.21. The molecule has 0 bridgehead atoms. The average Bonchev–Trinajstić information content (AvgIpc) is 2.49. The molecule has 1 aromatic heterocycles. The van der Waals surface area contributed by atoms with Gasteiger partial charge in [0.15, 0.2) is 0 Å². The molecule has 3 nitrogen and oxygen atoms in total. The Kier molecular flexibility index (Phi) is 1.84. The van der Waals surface area contributed by atoms with Gasteiger partial charge in [-0.25, -0.2) is 0 Å². The smallest absolute Gasteiger partial charge is 0.127 e. The lowest BCUT2D eigenvalue weighted by Crippen LogP contribution is -1.97. The van der Waals surface area contributed by atoms with E-state index in [0.717, 1.165) is 22.1 Å². The van der Waals surface area contributed by atoms with Gasteiger partial charge < -0.3 is 0 Å².